The van der Waals surface area contributed by atoms with Gasteiger partial charge in [-0.1, -0.05) is 25.1 Å². The Kier molecular flexibility index (Phi) is 3.29. The summed E-state index contributed by atoms with van der Waals surface area (Å²) in [6, 6.07) is 8.15. The Bertz CT molecular complexity index is 523. The van der Waals surface area contributed by atoms with Gasteiger partial charge in [-0.2, -0.15) is 0 Å². The number of hydrogen-bond acceptors (Lipinski definition) is 3. The van der Waals surface area contributed by atoms with E-state index in [4.69, 9.17) is 0 Å². The highest BCUT2D eigenvalue weighted by Crippen LogP contribution is 2.34. The van der Waals surface area contributed by atoms with Crippen molar-refractivity contribution in [1.82, 2.24) is 9.88 Å². The van der Waals surface area contributed by atoms with Crippen molar-refractivity contribution < 1.29 is 5.11 Å². The molecule has 0 bridgehead atoms. The molecule has 1 unspecified atom stereocenters. The first-order valence-electron chi connectivity index (χ1n) is 5.88. The van der Waals surface area contributed by atoms with E-state index in [-0.39, 0.29) is 11.8 Å². The molecule has 2 aromatic rings. The van der Waals surface area contributed by atoms with Crippen LogP contribution in [0.5, 0.6) is 5.75 Å². The molecule has 0 aliphatic carbocycles. The van der Waals surface area contributed by atoms with Gasteiger partial charge in [0.25, 0.3) is 0 Å². The van der Waals surface area contributed by atoms with Gasteiger partial charge in [-0.05, 0) is 26.6 Å². The molecule has 17 heavy (non-hydrogen) atoms. The largest absolute Gasteiger partial charge is 0.506 e. The zero-order valence-electron chi connectivity index (χ0n) is 10.5. The highest BCUT2D eigenvalue weighted by molar-refractivity contribution is 5.84. The van der Waals surface area contributed by atoms with Crippen molar-refractivity contribution in [3.8, 4) is 5.75 Å². The molecule has 3 heteroatoms. The lowest BCUT2D eigenvalue weighted by Crippen LogP contribution is -2.19. The van der Waals surface area contributed by atoms with Crippen LogP contribution in [0.15, 0.2) is 30.5 Å². The maximum absolute atomic E-state index is 10.1. The quantitative estimate of drug-likeness (QED) is 0.880. The lowest BCUT2D eigenvalue weighted by molar-refractivity contribution is 0.286. The molecule has 1 aromatic carbocycles. The number of rotatable bonds is 3. The molecule has 0 aliphatic heterocycles. The van der Waals surface area contributed by atoms with E-state index in [1.165, 1.54) is 0 Å². The Morgan fingerprint density at radius 3 is 2.65 bits per heavy atom. The maximum atomic E-state index is 10.1. The SMILES string of the molecule is CCC(c1c(O)cnc2ccccc12)N(C)C. The van der Waals surface area contributed by atoms with Crippen molar-refractivity contribution in [3.63, 3.8) is 0 Å². The van der Waals surface area contributed by atoms with Crippen LogP contribution in [0.4, 0.5) is 0 Å². The predicted octanol–water partition coefficient (Wildman–Crippen LogP) is 2.95. The summed E-state index contributed by atoms with van der Waals surface area (Å²) in [6.45, 7) is 2.12. The molecule has 0 radical (unpaired) electrons. The maximum Gasteiger partial charge on any atom is 0.139 e. The van der Waals surface area contributed by atoms with Crippen molar-refractivity contribution in [1.29, 1.82) is 0 Å². The summed E-state index contributed by atoms with van der Waals surface area (Å²) >= 11 is 0. The molecule has 0 saturated carbocycles. The fourth-order valence-corrected chi connectivity index (χ4v) is 2.33. The molecule has 0 spiro atoms. The summed E-state index contributed by atoms with van der Waals surface area (Å²) in [5.41, 5.74) is 1.91. The molecule has 1 atom stereocenters. The number of hydrogen-bond donors (Lipinski definition) is 1. The third kappa shape index (κ3) is 2.11. The van der Waals surface area contributed by atoms with Crippen LogP contribution in [0.1, 0.15) is 24.9 Å². The van der Waals surface area contributed by atoms with E-state index in [1.54, 1.807) is 6.20 Å². The molecule has 0 saturated heterocycles. The van der Waals surface area contributed by atoms with Gasteiger partial charge in [-0.25, -0.2) is 0 Å². The Balaban J connectivity index is 2.69. The summed E-state index contributed by atoms with van der Waals surface area (Å²) < 4.78 is 0. The van der Waals surface area contributed by atoms with Crippen molar-refractivity contribution in [2.75, 3.05) is 14.1 Å². The average Bonchev–Trinajstić information content (AvgIpc) is 2.32. The van der Waals surface area contributed by atoms with Gasteiger partial charge < -0.3 is 10.0 Å². The molecule has 1 aromatic heterocycles. The molecule has 1 N–H and O–H groups in total. The van der Waals surface area contributed by atoms with Crippen LogP contribution in [0.25, 0.3) is 10.9 Å². The summed E-state index contributed by atoms with van der Waals surface area (Å²) in [5, 5.41) is 11.1. The number of aromatic nitrogens is 1. The van der Waals surface area contributed by atoms with Gasteiger partial charge in [0, 0.05) is 17.0 Å². The van der Waals surface area contributed by atoms with Crippen molar-refractivity contribution in [3.05, 3.63) is 36.0 Å². The van der Waals surface area contributed by atoms with Crippen LogP contribution in [0, 0.1) is 0 Å². The fourth-order valence-electron chi connectivity index (χ4n) is 2.33. The topological polar surface area (TPSA) is 36.4 Å². The van der Waals surface area contributed by atoms with Gasteiger partial charge in [-0.3, -0.25) is 4.98 Å². The lowest BCUT2D eigenvalue weighted by Gasteiger charge is -2.25. The molecule has 1 heterocycles. The molecule has 2 rings (SSSR count). The average molecular weight is 230 g/mol. The number of para-hydroxylation sites is 1. The minimum atomic E-state index is 0.211. The van der Waals surface area contributed by atoms with Crippen LogP contribution < -0.4 is 0 Å². The zero-order valence-corrected chi connectivity index (χ0v) is 10.5. The van der Waals surface area contributed by atoms with Crippen LogP contribution in [0.2, 0.25) is 0 Å². The number of aromatic hydroxyl groups is 1. The standard InChI is InChI=1S/C14H18N2O/c1-4-12(16(2)3)14-10-7-5-6-8-11(10)15-9-13(14)17/h5-9,12,17H,4H2,1-3H3. The second-order valence-electron chi connectivity index (χ2n) is 4.46. The molecule has 90 valence electrons. The van der Waals surface area contributed by atoms with Gasteiger partial charge in [0.2, 0.25) is 0 Å². The molecule has 0 amide bonds. The highest BCUT2D eigenvalue weighted by Gasteiger charge is 2.19. The third-order valence-corrected chi connectivity index (χ3v) is 3.14. The van der Waals surface area contributed by atoms with Crippen LogP contribution in [-0.4, -0.2) is 29.1 Å². The molecular formula is C14H18N2O. The number of pyridine rings is 1. The van der Waals surface area contributed by atoms with Crippen LogP contribution in [-0.2, 0) is 0 Å². The van der Waals surface area contributed by atoms with Gasteiger partial charge >= 0.3 is 0 Å². The first-order chi connectivity index (χ1) is 8.15. The van der Waals surface area contributed by atoms with Gasteiger partial charge in [-0.15, -0.1) is 0 Å². The number of nitrogens with zero attached hydrogens (tertiary/aromatic N) is 2. The van der Waals surface area contributed by atoms with Gasteiger partial charge in [0.15, 0.2) is 0 Å². The van der Waals surface area contributed by atoms with Crippen molar-refractivity contribution in [2.45, 2.75) is 19.4 Å². The smallest absolute Gasteiger partial charge is 0.139 e. The molecular weight excluding hydrogens is 212 g/mol. The Morgan fingerprint density at radius 1 is 1.29 bits per heavy atom. The third-order valence-electron chi connectivity index (χ3n) is 3.14. The Hall–Kier alpha value is -1.61. The molecule has 3 nitrogen and oxygen atoms in total. The second kappa shape index (κ2) is 4.72. The first-order valence-corrected chi connectivity index (χ1v) is 5.88. The number of benzene rings is 1. The predicted molar refractivity (Wildman–Crippen MR) is 70.1 cm³/mol. The highest BCUT2D eigenvalue weighted by atomic mass is 16.3. The first kappa shape index (κ1) is 11.9. The lowest BCUT2D eigenvalue weighted by atomic mass is 9.98. The monoisotopic (exact) mass is 230 g/mol. The Morgan fingerprint density at radius 2 is 2.00 bits per heavy atom. The van der Waals surface area contributed by atoms with E-state index in [1.807, 2.05) is 38.4 Å². The van der Waals surface area contributed by atoms with Crippen molar-refractivity contribution >= 4 is 10.9 Å². The molecule has 0 fully saturated rings. The van der Waals surface area contributed by atoms with E-state index < -0.39 is 0 Å². The summed E-state index contributed by atoms with van der Waals surface area (Å²) in [6.07, 6.45) is 2.50. The minimum absolute atomic E-state index is 0.211. The summed E-state index contributed by atoms with van der Waals surface area (Å²) in [5.74, 6) is 0.282. The fraction of sp³-hybridized carbons (Fsp3) is 0.357. The summed E-state index contributed by atoms with van der Waals surface area (Å²) in [7, 11) is 4.06. The van der Waals surface area contributed by atoms with E-state index in [0.717, 1.165) is 22.9 Å². The number of fused-ring (bicyclic) bond motifs is 1. The van der Waals surface area contributed by atoms with E-state index in [0.29, 0.717) is 0 Å². The van der Waals surface area contributed by atoms with E-state index in [2.05, 4.69) is 16.8 Å². The normalized spacial score (nSPS) is 13.2. The van der Waals surface area contributed by atoms with Gasteiger partial charge in [0.05, 0.1) is 11.7 Å². The van der Waals surface area contributed by atoms with E-state index in [9.17, 15) is 5.11 Å². The minimum Gasteiger partial charge on any atom is -0.506 e. The van der Waals surface area contributed by atoms with Crippen LogP contribution in [0.3, 0.4) is 0 Å². The molecule has 0 aliphatic rings. The van der Waals surface area contributed by atoms with Crippen molar-refractivity contribution in [2.24, 2.45) is 0 Å². The van der Waals surface area contributed by atoms with Crippen LogP contribution >= 0.6 is 0 Å². The van der Waals surface area contributed by atoms with E-state index >= 15 is 0 Å². The van der Waals surface area contributed by atoms with Gasteiger partial charge in [0.1, 0.15) is 5.75 Å². The Labute approximate surface area is 102 Å². The zero-order chi connectivity index (χ0) is 12.4. The second-order valence-corrected chi connectivity index (χ2v) is 4.46. The summed E-state index contributed by atoms with van der Waals surface area (Å²) in [4.78, 5) is 6.38.